The average Bonchev–Trinajstić information content (AvgIpc) is 2.19. The van der Waals surface area contributed by atoms with Crippen molar-refractivity contribution in [3.05, 3.63) is 11.6 Å². The zero-order valence-corrected chi connectivity index (χ0v) is 8.14. The van der Waals surface area contributed by atoms with Crippen LogP contribution in [0.25, 0.3) is 0 Å². The van der Waals surface area contributed by atoms with Gasteiger partial charge in [0, 0.05) is 6.54 Å². The molecule has 0 spiro atoms. The van der Waals surface area contributed by atoms with Crippen molar-refractivity contribution in [2.75, 3.05) is 19.7 Å². The third-order valence-electron chi connectivity index (χ3n) is 1.93. The van der Waals surface area contributed by atoms with Crippen molar-refractivity contribution in [2.45, 2.75) is 13.3 Å². The molecule has 0 aliphatic carbocycles. The maximum absolute atomic E-state index is 11.3. The van der Waals surface area contributed by atoms with Crippen LogP contribution in [0.1, 0.15) is 13.3 Å². The molecule has 1 heterocycles. The number of hydrogen-bond donors (Lipinski definition) is 1. The molecule has 1 aliphatic heterocycles. The minimum atomic E-state index is -0.315. The van der Waals surface area contributed by atoms with E-state index in [9.17, 15) is 4.79 Å². The predicted octanol–water partition coefficient (Wildman–Crippen LogP) is 1.24. The van der Waals surface area contributed by atoms with Crippen LogP contribution in [0.15, 0.2) is 16.8 Å². The van der Waals surface area contributed by atoms with E-state index in [4.69, 9.17) is 9.94 Å². The summed E-state index contributed by atoms with van der Waals surface area (Å²) in [5.74, 6) is 0. The van der Waals surface area contributed by atoms with Crippen molar-refractivity contribution < 1.29 is 14.7 Å². The summed E-state index contributed by atoms with van der Waals surface area (Å²) >= 11 is 0. The zero-order chi connectivity index (χ0) is 10.4. The third kappa shape index (κ3) is 2.76. The molecular formula is C9H14N2O3. The molecule has 0 saturated carbocycles. The molecule has 0 aromatic heterocycles. The van der Waals surface area contributed by atoms with E-state index < -0.39 is 0 Å². The second-order valence-corrected chi connectivity index (χ2v) is 2.93. The van der Waals surface area contributed by atoms with Gasteiger partial charge in [0.25, 0.3) is 0 Å². The average molecular weight is 198 g/mol. The molecule has 0 saturated heterocycles. The summed E-state index contributed by atoms with van der Waals surface area (Å²) in [7, 11) is 0. The number of carbonyl (C=O) groups is 1. The Hall–Kier alpha value is -1.52. The molecule has 1 N–H and O–H groups in total. The monoisotopic (exact) mass is 198 g/mol. The summed E-state index contributed by atoms with van der Waals surface area (Å²) in [6.45, 7) is 3.25. The smallest absolute Gasteiger partial charge is 0.410 e. The Labute approximate surface area is 82.6 Å². The van der Waals surface area contributed by atoms with Crippen molar-refractivity contribution in [3.63, 3.8) is 0 Å². The lowest BCUT2D eigenvalue weighted by atomic mass is 10.1. The van der Waals surface area contributed by atoms with Crippen molar-refractivity contribution >= 4 is 12.3 Å². The molecule has 5 nitrogen and oxygen atoms in total. The molecule has 0 radical (unpaired) electrons. The van der Waals surface area contributed by atoms with Crippen LogP contribution in [0.4, 0.5) is 4.79 Å². The summed E-state index contributed by atoms with van der Waals surface area (Å²) in [5, 5.41) is 11.3. The molecule has 0 aromatic rings. The number of hydrogen-bond acceptors (Lipinski definition) is 4. The van der Waals surface area contributed by atoms with E-state index in [2.05, 4.69) is 5.16 Å². The van der Waals surface area contributed by atoms with Gasteiger partial charge < -0.3 is 14.8 Å². The van der Waals surface area contributed by atoms with Crippen LogP contribution < -0.4 is 0 Å². The molecule has 1 aliphatic rings. The fraction of sp³-hybridized carbons (Fsp3) is 0.556. The fourth-order valence-electron chi connectivity index (χ4n) is 1.31. The first-order valence-electron chi connectivity index (χ1n) is 4.56. The highest BCUT2D eigenvalue weighted by molar-refractivity contribution is 5.80. The van der Waals surface area contributed by atoms with Crippen molar-refractivity contribution in [1.29, 1.82) is 0 Å². The quantitative estimate of drug-likeness (QED) is 0.412. The maximum atomic E-state index is 11.3. The number of nitrogens with zero attached hydrogens (tertiary/aromatic N) is 2. The first kappa shape index (κ1) is 10.6. The van der Waals surface area contributed by atoms with Gasteiger partial charge in [-0.15, -0.1) is 0 Å². The van der Waals surface area contributed by atoms with Crippen molar-refractivity contribution in [2.24, 2.45) is 5.16 Å². The van der Waals surface area contributed by atoms with E-state index in [1.54, 1.807) is 11.8 Å². The Morgan fingerprint density at radius 3 is 3.29 bits per heavy atom. The number of amides is 1. The van der Waals surface area contributed by atoms with Crippen LogP contribution in [-0.2, 0) is 4.74 Å². The maximum Gasteiger partial charge on any atom is 0.410 e. The molecular weight excluding hydrogens is 184 g/mol. The molecule has 14 heavy (non-hydrogen) atoms. The normalized spacial score (nSPS) is 16.9. The van der Waals surface area contributed by atoms with Gasteiger partial charge in [-0.2, -0.15) is 0 Å². The van der Waals surface area contributed by atoms with Crippen LogP contribution in [0.3, 0.4) is 0 Å². The highest BCUT2D eigenvalue weighted by atomic mass is 16.6. The van der Waals surface area contributed by atoms with Crippen LogP contribution >= 0.6 is 0 Å². The summed E-state index contributed by atoms with van der Waals surface area (Å²) in [6.07, 6.45) is 3.73. The van der Waals surface area contributed by atoms with Gasteiger partial charge in [0.05, 0.1) is 19.4 Å². The van der Waals surface area contributed by atoms with Gasteiger partial charge in [-0.05, 0) is 18.9 Å². The van der Waals surface area contributed by atoms with Gasteiger partial charge in [-0.1, -0.05) is 11.2 Å². The number of rotatable bonds is 2. The van der Waals surface area contributed by atoms with Gasteiger partial charge in [-0.3, -0.25) is 0 Å². The van der Waals surface area contributed by atoms with E-state index in [1.165, 1.54) is 6.21 Å². The third-order valence-corrected chi connectivity index (χ3v) is 1.93. The highest BCUT2D eigenvalue weighted by Gasteiger charge is 2.17. The van der Waals surface area contributed by atoms with Crippen LogP contribution in [0.2, 0.25) is 0 Å². The summed E-state index contributed by atoms with van der Waals surface area (Å²) in [6, 6.07) is 0. The van der Waals surface area contributed by atoms with Gasteiger partial charge in [0.2, 0.25) is 0 Å². The SMILES string of the molecule is CCOC(=O)N1CCC=C(/C=N/O)C1. The number of ether oxygens (including phenoxy) is 1. The summed E-state index contributed by atoms with van der Waals surface area (Å²) in [4.78, 5) is 12.9. The molecule has 1 amide bonds. The number of carbonyl (C=O) groups excluding carboxylic acids is 1. The molecule has 0 unspecified atom stereocenters. The lowest BCUT2D eigenvalue weighted by Crippen LogP contribution is -2.36. The minimum absolute atomic E-state index is 0.315. The minimum Gasteiger partial charge on any atom is -0.450 e. The molecule has 0 aromatic carbocycles. The largest absolute Gasteiger partial charge is 0.450 e. The van der Waals surface area contributed by atoms with E-state index in [0.717, 1.165) is 12.0 Å². The second-order valence-electron chi connectivity index (χ2n) is 2.93. The predicted molar refractivity (Wildman–Crippen MR) is 51.6 cm³/mol. The zero-order valence-electron chi connectivity index (χ0n) is 8.14. The Bertz CT molecular complexity index is 261. The molecule has 1 rings (SSSR count). The second kappa shape index (κ2) is 5.26. The summed E-state index contributed by atoms with van der Waals surface area (Å²) in [5.41, 5.74) is 0.826. The first-order chi connectivity index (χ1) is 6.77. The van der Waals surface area contributed by atoms with Gasteiger partial charge >= 0.3 is 6.09 Å². The fourth-order valence-corrected chi connectivity index (χ4v) is 1.31. The van der Waals surface area contributed by atoms with Crippen LogP contribution in [0, 0.1) is 0 Å². The highest BCUT2D eigenvalue weighted by Crippen LogP contribution is 2.09. The van der Waals surface area contributed by atoms with Gasteiger partial charge in [-0.25, -0.2) is 4.79 Å². The van der Waals surface area contributed by atoms with Crippen molar-refractivity contribution in [1.82, 2.24) is 4.90 Å². The molecule has 0 bridgehead atoms. The summed E-state index contributed by atoms with van der Waals surface area (Å²) < 4.78 is 4.86. The lowest BCUT2D eigenvalue weighted by Gasteiger charge is -2.24. The van der Waals surface area contributed by atoms with Crippen LogP contribution in [0.5, 0.6) is 0 Å². The van der Waals surface area contributed by atoms with Gasteiger partial charge in [0.15, 0.2) is 0 Å². The lowest BCUT2D eigenvalue weighted by molar-refractivity contribution is 0.110. The molecule has 78 valence electrons. The van der Waals surface area contributed by atoms with Gasteiger partial charge in [0.1, 0.15) is 0 Å². The Morgan fingerprint density at radius 1 is 1.86 bits per heavy atom. The van der Waals surface area contributed by atoms with E-state index in [1.807, 2.05) is 6.08 Å². The van der Waals surface area contributed by atoms with Crippen LogP contribution in [-0.4, -0.2) is 42.1 Å². The first-order valence-corrected chi connectivity index (χ1v) is 4.56. The molecule has 0 fully saturated rings. The Balaban J connectivity index is 2.52. The Kier molecular flexibility index (Phi) is 3.97. The topological polar surface area (TPSA) is 62.1 Å². The van der Waals surface area contributed by atoms with E-state index >= 15 is 0 Å². The van der Waals surface area contributed by atoms with E-state index in [0.29, 0.717) is 19.7 Å². The Morgan fingerprint density at radius 2 is 2.64 bits per heavy atom. The van der Waals surface area contributed by atoms with E-state index in [-0.39, 0.29) is 6.09 Å². The molecule has 5 heteroatoms. The molecule has 0 atom stereocenters. The number of oxime groups is 1. The van der Waals surface area contributed by atoms with Crippen molar-refractivity contribution in [3.8, 4) is 0 Å². The standard InChI is InChI=1S/C9H14N2O3/c1-2-14-9(12)11-5-3-4-8(7-11)6-10-13/h4,6,13H,2-3,5,7H2,1H3/b10-6+.